The molecule has 1 aromatic rings. The number of hydrogen-bond donors (Lipinski definition) is 1. The molecule has 20 heavy (non-hydrogen) atoms. The molecule has 0 radical (unpaired) electrons. The average molecular weight is 276 g/mol. The number of likely N-dealkylation sites (tertiary alicyclic amines) is 1. The summed E-state index contributed by atoms with van der Waals surface area (Å²) in [5.74, 6) is 0.628. The lowest BCUT2D eigenvalue weighted by Gasteiger charge is -2.42. The van der Waals surface area contributed by atoms with Gasteiger partial charge in [-0.15, -0.1) is 0 Å². The predicted molar refractivity (Wildman–Crippen MR) is 83.7 cm³/mol. The Bertz CT molecular complexity index is 416. The molecule has 4 unspecified atom stereocenters. The van der Waals surface area contributed by atoms with Gasteiger partial charge in [0.1, 0.15) is 0 Å². The second-order valence-corrected chi connectivity index (χ2v) is 6.25. The van der Waals surface area contributed by atoms with E-state index in [9.17, 15) is 0 Å². The number of nitrogens with two attached hydrogens (primary N) is 1. The highest BCUT2D eigenvalue weighted by Gasteiger charge is 2.32. The third-order valence-corrected chi connectivity index (χ3v) is 4.53. The summed E-state index contributed by atoms with van der Waals surface area (Å²) in [6.45, 7) is 8.57. The van der Waals surface area contributed by atoms with E-state index in [2.05, 4.69) is 49.9 Å². The molecule has 4 atom stereocenters. The molecule has 3 heteroatoms. The normalized spacial score (nSPS) is 27.2. The molecule has 0 saturated carbocycles. The zero-order valence-electron chi connectivity index (χ0n) is 13.2. The minimum absolute atomic E-state index is 0.114. The molecule has 2 rings (SSSR count). The number of methoxy groups -OCH3 is 1. The van der Waals surface area contributed by atoms with Crippen molar-refractivity contribution in [3.63, 3.8) is 0 Å². The van der Waals surface area contributed by atoms with Crippen molar-refractivity contribution in [3.05, 3.63) is 35.4 Å². The van der Waals surface area contributed by atoms with E-state index in [0.717, 1.165) is 13.1 Å². The van der Waals surface area contributed by atoms with Crippen LogP contribution in [-0.4, -0.2) is 37.2 Å². The summed E-state index contributed by atoms with van der Waals surface area (Å²) in [5, 5.41) is 0. The van der Waals surface area contributed by atoms with E-state index in [4.69, 9.17) is 10.5 Å². The summed E-state index contributed by atoms with van der Waals surface area (Å²) in [5.41, 5.74) is 8.88. The Labute approximate surface area is 123 Å². The van der Waals surface area contributed by atoms with Crippen LogP contribution in [0.5, 0.6) is 0 Å². The van der Waals surface area contributed by atoms with E-state index in [1.807, 2.05) is 7.11 Å². The van der Waals surface area contributed by atoms with Crippen molar-refractivity contribution < 1.29 is 4.74 Å². The number of benzene rings is 1. The van der Waals surface area contributed by atoms with E-state index in [1.54, 1.807) is 0 Å². The topological polar surface area (TPSA) is 38.5 Å². The Morgan fingerprint density at radius 3 is 2.50 bits per heavy atom. The fourth-order valence-electron chi connectivity index (χ4n) is 3.23. The van der Waals surface area contributed by atoms with Gasteiger partial charge in [0, 0.05) is 25.7 Å². The smallest absolute Gasteiger partial charge is 0.0724 e. The molecule has 3 nitrogen and oxygen atoms in total. The van der Waals surface area contributed by atoms with Gasteiger partial charge in [0.25, 0.3) is 0 Å². The lowest BCUT2D eigenvalue weighted by atomic mass is 9.91. The first-order valence-electron chi connectivity index (χ1n) is 7.62. The quantitative estimate of drug-likeness (QED) is 0.919. The molecular weight excluding hydrogens is 248 g/mol. The highest BCUT2D eigenvalue weighted by molar-refractivity contribution is 5.25. The Morgan fingerprint density at radius 1 is 1.30 bits per heavy atom. The van der Waals surface area contributed by atoms with Crippen molar-refractivity contribution in [3.8, 4) is 0 Å². The van der Waals surface area contributed by atoms with Crippen LogP contribution in [0.25, 0.3) is 0 Å². The van der Waals surface area contributed by atoms with Crippen molar-refractivity contribution in [1.29, 1.82) is 0 Å². The van der Waals surface area contributed by atoms with Crippen LogP contribution in [0, 0.1) is 12.8 Å². The van der Waals surface area contributed by atoms with E-state index in [-0.39, 0.29) is 12.1 Å². The monoisotopic (exact) mass is 276 g/mol. The number of rotatable bonds is 4. The molecule has 0 bridgehead atoms. The standard InChI is InChI=1S/C17H28N2O/c1-12-5-7-15(8-6-12)17(14(3)18)19-10-9-13(2)16(11-19)20-4/h5-8,13-14,16-17H,9-11,18H2,1-4H3. The molecule has 1 fully saturated rings. The third-order valence-electron chi connectivity index (χ3n) is 4.53. The Morgan fingerprint density at radius 2 is 1.95 bits per heavy atom. The lowest BCUT2D eigenvalue weighted by Crippen LogP contribution is -2.49. The lowest BCUT2D eigenvalue weighted by molar-refractivity contribution is -0.0224. The first-order chi connectivity index (χ1) is 9.52. The van der Waals surface area contributed by atoms with E-state index >= 15 is 0 Å². The van der Waals surface area contributed by atoms with Gasteiger partial charge in [-0.1, -0.05) is 36.8 Å². The molecule has 0 aliphatic carbocycles. The molecule has 0 aromatic heterocycles. The summed E-state index contributed by atoms with van der Waals surface area (Å²) in [4.78, 5) is 2.49. The summed E-state index contributed by atoms with van der Waals surface area (Å²) in [6.07, 6.45) is 1.49. The zero-order chi connectivity index (χ0) is 14.7. The number of hydrogen-bond acceptors (Lipinski definition) is 3. The van der Waals surface area contributed by atoms with Gasteiger partial charge in [-0.05, 0) is 38.3 Å². The summed E-state index contributed by atoms with van der Waals surface area (Å²) in [7, 11) is 1.82. The molecule has 0 spiro atoms. The highest BCUT2D eigenvalue weighted by atomic mass is 16.5. The fourth-order valence-corrected chi connectivity index (χ4v) is 3.23. The first kappa shape index (κ1) is 15.5. The van der Waals surface area contributed by atoms with Crippen LogP contribution in [0.2, 0.25) is 0 Å². The molecule has 1 saturated heterocycles. The number of aryl methyl sites for hydroxylation is 1. The maximum atomic E-state index is 6.28. The molecular formula is C17H28N2O. The van der Waals surface area contributed by atoms with Crippen LogP contribution in [0.3, 0.4) is 0 Å². The Kier molecular flexibility index (Phi) is 5.19. The van der Waals surface area contributed by atoms with Gasteiger partial charge in [0.15, 0.2) is 0 Å². The highest BCUT2D eigenvalue weighted by Crippen LogP contribution is 2.30. The molecule has 1 aliphatic rings. The van der Waals surface area contributed by atoms with Crippen LogP contribution < -0.4 is 5.73 Å². The van der Waals surface area contributed by atoms with Gasteiger partial charge >= 0.3 is 0 Å². The number of nitrogens with zero attached hydrogens (tertiary/aromatic N) is 1. The van der Waals surface area contributed by atoms with Crippen LogP contribution >= 0.6 is 0 Å². The van der Waals surface area contributed by atoms with Gasteiger partial charge in [-0.2, -0.15) is 0 Å². The largest absolute Gasteiger partial charge is 0.380 e. The molecule has 112 valence electrons. The number of piperidine rings is 1. The fraction of sp³-hybridized carbons (Fsp3) is 0.647. The van der Waals surface area contributed by atoms with Crippen LogP contribution in [0.1, 0.15) is 37.4 Å². The van der Waals surface area contributed by atoms with Crippen LogP contribution in [-0.2, 0) is 4.74 Å². The van der Waals surface area contributed by atoms with Gasteiger partial charge in [-0.25, -0.2) is 0 Å². The summed E-state index contributed by atoms with van der Waals surface area (Å²) >= 11 is 0. The van der Waals surface area contributed by atoms with Crippen molar-refractivity contribution in [2.45, 2.75) is 45.4 Å². The third kappa shape index (κ3) is 3.40. The van der Waals surface area contributed by atoms with Crippen molar-refractivity contribution in [2.24, 2.45) is 11.7 Å². The van der Waals surface area contributed by atoms with Gasteiger partial charge < -0.3 is 10.5 Å². The van der Waals surface area contributed by atoms with Crippen molar-refractivity contribution in [1.82, 2.24) is 4.90 Å². The van der Waals surface area contributed by atoms with Crippen LogP contribution in [0.15, 0.2) is 24.3 Å². The van der Waals surface area contributed by atoms with E-state index < -0.39 is 0 Å². The number of ether oxygens (including phenoxy) is 1. The van der Waals surface area contributed by atoms with E-state index in [0.29, 0.717) is 12.0 Å². The minimum atomic E-state index is 0.114. The van der Waals surface area contributed by atoms with Crippen molar-refractivity contribution in [2.75, 3.05) is 20.2 Å². The van der Waals surface area contributed by atoms with Gasteiger partial charge in [-0.3, -0.25) is 4.90 Å². The SMILES string of the molecule is COC1CN(C(c2ccc(C)cc2)C(C)N)CCC1C. The summed E-state index contributed by atoms with van der Waals surface area (Å²) in [6, 6.07) is 9.16. The first-order valence-corrected chi connectivity index (χ1v) is 7.62. The molecule has 1 heterocycles. The van der Waals surface area contributed by atoms with Crippen LogP contribution in [0.4, 0.5) is 0 Å². The molecule has 1 aromatic carbocycles. The second kappa shape index (κ2) is 6.70. The Hall–Kier alpha value is -0.900. The maximum absolute atomic E-state index is 6.28. The molecule has 0 amide bonds. The Balaban J connectivity index is 2.18. The minimum Gasteiger partial charge on any atom is -0.380 e. The van der Waals surface area contributed by atoms with Gasteiger partial charge in [0.2, 0.25) is 0 Å². The molecule has 2 N–H and O–H groups in total. The van der Waals surface area contributed by atoms with Gasteiger partial charge in [0.05, 0.1) is 6.10 Å². The zero-order valence-corrected chi connectivity index (χ0v) is 13.2. The van der Waals surface area contributed by atoms with Crippen molar-refractivity contribution >= 4 is 0 Å². The molecule has 1 aliphatic heterocycles. The maximum Gasteiger partial charge on any atom is 0.0724 e. The average Bonchev–Trinajstić information content (AvgIpc) is 2.42. The second-order valence-electron chi connectivity index (χ2n) is 6.25. The summed E-state index contributed by atoms with van der Waals surface area (Å²) < 4.78 is 5.64. The van der Waals surface area contributed by atoms with E-state index in [1.165, 1.54) is 17.5 Å². The predicted octanol–water partition coefficient (Wildman–Crippen LogP) is 2.74.